The minimum Gasteiger partial charge on any atom is -0.335 e. The van der Waals surface area contributed by atoms with E-state index in [0.717, 1.165) is 18.8 Å². The third-order valence-electron chi connectivity index (χ3n) is 2.97. The Labute approximate surface area is 99.3 Å². The van der Waals surface area contributed by atoms with Gasteiger partial charge in [-0.3, -0.25) is 0 Å². The number of hydrogen-bond donors (Lipinski definition) is 1. The molecule has 0 spiro atoms. The third-order valence-corrected chi connectivity index (χ3v) is 2.97. The van der Waals surface area contributed by atoms with Gasteiger partial charge < -0.3 is 9.88 Å². The molecule has 0 radical (unpaired) electrons. The molecule has 1 N–H and O–H groups in total. The Hall–Kier alpha value is -0.830. The summed E-state index contributed by atoms with van der Waals surface area (Å²) >= 11 is 0. The Kier molecular flexibility index (Phi) is 5.53. The van der Waals surface area contributed by atoms with Crippen molar-refractivity contribution in [2.24, 2.45) is 0 Å². The number of aromatic nitrogens is 2. The maximum absolute atomic E-state index is 4.31. The number of unbranched alkanes of at least 4 members (excludes halogenated alkanes) is 2. The van der Waals surface area contributed by atoms with E-state index < -0.39 is 0 Å². The van der Waals surface area contributed by atoms with Crippen molar-refractivity contribution in [3.63, 3.8) is 0 Å². The molecule has 92 valence electrons. The molecule has 1 heterocycles. The van der Waals surface area contributed by atoms with Gasteiger partial charge in [0.1, 0.15) is 0 Å². The molecule has 0 amide bonds. The minimum atomic E-state index is 0.610. The molecule has 0 saturated heterocycles. The summed E-state index contributed by atoms with van der Waals surface area (Å²) < 4.78 is 2.26. The highest BCUT2D eigenvalue weighted by Crippen LogP contribution is 2.06. The van der Waals surface area contributed by atoms with Crippen LogP contribution in [0.5, 0.6) is 0 Å². The van der Waals surface area contributed by atoms with E-state index in [9.17, 15) is 0 Å². The minimum absolute atomic E-state index is 0.610. The number of aryl methyl sites for hydroxylation is 2. The molecular weight excluding hydrogens is 198 g/mol. The van der Waals surface area contributed by atoms with Crippen LogP contribution in [0, 0.1) is 13.8 Å². The summed E-state index contributed by atoms with van der Waals surface area (Å²) in [5.41, 5.74) is 2.46. The molecule has 1 aromatic rings. The van der Waals surface area contributed by atoms with Crippen molar-refractivity contribution in [3.05, 3.63) is 17.7 Å². The van der Waals surface area contributed by atoms with Gasteiger partial charge in [-0.15, -0.1) is 0 Å². The van der Waals surface area contributed by atoms with E-state index in [4.69, 9.17) is 0 Å². The lowest BCUT2D eigenvalue weighted by molar-refractivity contribution is 0.525. The Morgan fingerprint density at radius 2 is 2.00 bits per heavy atom. The van der Waals surface area contributed by atoms with E-state index in [-0.39, 0.29) is 0 Å². The standard InChI is InChI=1S/C13H25N3/c1-11(2)14-8-6-5-7-9-16-10-15-12(3)13(16)4/h10-11,14H,5-9H2,1-4H3. The summed E-state index contributed by atoms with van der Waals surface area (Å²) in [6.45, 7) is 10.8. The second kappa shape index (κ2) is 6.69. The van der Waals surface area contributed by atoms with Crippen LogP contribution >= 0.6 is 0 Å². The Morgan fingerprint density at radius 3 is 2.56 bits per heavy atom. The van der Waals surface area contributed by atoms with Crippen LogP contribution < -0.4 is 5.32 Å². The first-order valence-corrected chi connectivity index (χ1v) is 6.33. The molecule has 0 aromatic carbocycles. The second-order valence-corrected chi connectivity index (χ2v) is 4.78. The zero-order chi connectivity index (χ0) is 12.0. The lowest BCUT2D eigenvalue weighted by atomic mass is 10.2. The monoisotopic (exact) mass is 223 g/mol. The van der Waals surface area contributed by atoms with Crippen molar-refractivity contribution in [3.8, 4) is 0 Å². The molecule has 1 aromatic heterocycles. The maximum atomic E-state index is 4.31. The smallest absolute Gasteiger partial charge is 0.0951 e. The zero-order valence-electron chi connectivity index (χ0n) is 11.1. The van der Waals surface area contributed by atoms with Crippen molar-refractivity contribution in [2.45, 2.75) is 59.5 Å². The number of rotatable bonds is 7. The molecule has 0 fully saturated rings. The summed E-state index contributed by atoms with van der Waals surface area (Å²) in [5, 5.41) is 3.44. The normalized spacial score (nSPS) is 11.3. The average Bonchev–Trinajstić information content (AvgIpc) is 2.54. The predicted octanol–water partition coefficient (Wildman–Crippen LogP) is 2.67. The average molecular weight is 223 g/mol. The molecule has 3 nitrogen and oxygen atoms in total. The first-order chi connectivity index (χ1) is 7.61. The molecule has 16 heavy (non-hydrogen) atoms. The molecule has 1 rings (SSSR count). The molecule has 0 aliphatic rings. The molecule has 0 bridgehead atoms. The molecule has 0 aliphatic carbocycles. The van der Waals surface area contributed by atoms with Gasteiger partial charge in [0, 0.05) is 18.3 Å². The van der Waals surface area contributed by atoms with Crippen molar-refractivity contribution in [2.75, 3.05) is 6.54 Å². The third kappa shape index (κ3) is 4.35. The van der Waals surface area contributed by atoms with Gasteiger partial charge in [-0.2, -0.15) is 0 Å². The first kappa shape index (κ1) is 13.2. The van der Waals surface area contributed by atoms with E-state index in [2.05, 4.69) is 42.6 Å². The van der Waals surface area contributed by atoms with Crippen molar-refractivity contribution >= 4 is 0 Å². The summed E-state index contributed by atoms with van der Waals surface area (Å²) in [5.74, 6) is 0. The van der Waals surface area contributed by atoms with Crippen LogP contribution in [0.4, 0.5) is 0 Å². The Balaban J connectivity index is 2.10. The lowest BCUT2D eigenvalue weighted by Gasteiger charge is -2.08. The van der Waals surface area contributed by atoms with Gasteiger partial charge in [0.2, 0.25) is 0 Å². The van der Waals surface area contributed by atoms with Crippen LogP contribution in [0.2, 0.25) is 0 Å². The summed E-state index contributed by atoms with van der Waals surface area (Å²) in [6.07, 6.45) is 5.76. The number of nitrogens with zero attached hydrogens (tertiary/aromatic N) is 2. The van der Waals surface area contributed by atoms with E-state index in [1.165, 1.54) is 25.0 Å². The van der Waals surface area contributed by atoms with Gasteiger partial charge >= 0.3 is 0 Å². The van der Waals surface area contributed by atoms with Gasteiger partial charge in [-0.1, -0.05) is 20.3 Å². The van der Waals surface area contributed by atoms with E-state index >= 15 is 0 Å². The highest BCUT2D eigenvalue weighted by atomic mass is 15.0. The van der Waals surface area contributed by atoms with Crippen LogP contribution in [0.15, 0.2) is 6.33 Å². The van der Waals surface area contributed by atoms with Gasteiger partial charge in [0.05, 0.1) is 12.0 Å². The highest BCUT2D eigenvalue weighted by Gasteiger charge is 2.00. The lowest BCUT2D eigenvalue weighted by Crippen LogP contribution is -2.23. The fourth-order valence-electron chi connectivity index (χ4n) is 1.74. The highest BCUT2D eigenvalue weighted by molar-refractivity contribution is 5.08. The Morgan fingerprint density at radius 1 is 1.25 bits per heavy atom. The van der Waals surface area contributed by atoms with Gasteiger partial charge in [-0.05, 0) is 33.2 Å². The quantitative estimate of drug-likeness (QED) is 0.720. The number of hydrogen-bond acceptors (Lipinski definition) is 2. The van der Waals surface area contributed by atoms with E-state index in [1.54, 1.807) is 0 Å². The van der Waals surface area contributed by atoms with Gasteiger partial charge in [-0.25, -0.2) is 4.98 Å². The summed E-state index contributed by atoms with van der Waals surface area (Å²) in [4.78, 5) is 4.31. The SMILES string of the molecule is Cc1ncn(CCCCCNC(C)C)c1C. The second-order valence-electron chi connectivity index (χ2n) is 4.78. The van der Waals surface area contributed by atoms with Crippen LogP contribution in [0.3, 0.4) is 0 Å². The van der Waals surface area contributed by atoms with Gasteiger partial charge in [0.15, 0.2) is 0 Å². The van der Waals surface area contributed by atoms with E-state index in [1.807, 2.05) is 6.33 Å². The van der Waals surface area contributed by atoms with Crippen LogP contribution in [0.25, 0.3) is 0 Å². The topological polar surface area (TPSA) is 29.9 Å². The molecule has 0 saturated carbocycles. The molecule has 3 heteroatoms. The molecule has 0 aliphatic heterocycles. The fraction of sp³-hybridized carbons (Fsp3) is 0.769. The Bertz CT molecular complexity index is 302. The van der Waals surface area contributed by atoms with Crippen molar-refractivity contribution < 1.29 is 0 Å². The van der Waals surface area contributed by atoms with Crippen LogP contribution in [-0.4, -0.2) is 22.1 Å². The van der Waals surface area contributed by atoms with Crippen molar-refractivity contribution in [1.82, 2.24) is 14.9 Å². The molecular formula is C13H25N3. The predicted molar refractivity (Wildman–Crippen MR) is 68.7 cm³/mol. The number of nitrogens with one attached hydrogen (secondary N) is 1. The molecule has 0 atom stereocenters. The zero-order valence-corrected chi connectivity index (χ0v) is 11.1. The largest absolute Gasteiger partial charge is 0.335 e. The van der Waals surface area contributed by atoms with Crippen LogP contribution in [0.1, 0.15) is 44.5 Å². The number of imidazole rings is 1. The maximum Gasteiger partial charge on any atom is 0.0951 e. The first-order valence-electron chi connectivity index (χ1n) is 6.33. The fourth-order valence-corrected chi connectivity index (χ4v) is 1.74. The summed E-state index contributed by atoms with van der Waals surface area (Å²) in [6, 6.07) is 0.610. The van der Waals surface area contributed by atoms with E-state index in [0.29, 0.717) is 6.04 Å². The molecule has 0 unspecified atom stereocenters. The van der Waals surface area contributed by atoms with Crippen LogP contribution in [-0.2, 0) is 6.54 Å². The summed E-state index contributed by atoms with van der Waals surface area (Å²) in [7, 11) is 0. The van der Waals surface area contributed by atoms with Gasteiger partial charge in [0.25, 0.3) is 0 Å². The van der Waals surface area contributed by atoms with Crippen molar-refractivity contribution in [1.29, 1.82) is 0 Å².